The van der Waals surface area contributed by atoms with E-state index in [0.717, 1.165) is 17.1 Å². The summed E-state index contributed by atoms with van der Waals surface area (Å²) in [4.78, 5) is 12.0. The molecule has 24 heavy (non-hydrogen) atoms. The van der Waals surface area contributed by atoms with Crippen LogP contribution in [0.4, 0.5) is 11.4 Å². The van der Waals surface area contributed by atoms with Crippen molar-refractivity contribution in [1.29, 1.82) is 0 Å². The highest BCUT2D eigenvalue weighted by atomic mass is 16.5. The second-order valence-corrected chi connectivity index (χ2v) is 4.93. The van der Waals surface area contributed by atoms with E-state index in [0.29, 0.717) is 18.1 Å². The summed E-state index contributed by atoms with van der Waals surface area (Å²) >= 11 is 0. The summed E-state index contributed by atoms with van der Waals surface area (Å²) in [5.41, 5.74) is 1.49. The molecule has 0 aliphatic heterocycles. The number of benzene rings is 2. The van der Waals surface area contributed by atoms with Crippen LogP contribution in [0.15, 0.2) is 42.5 Å². The number of ether oxygens (including phenoxy) is 3. The first-order valence-corrected chi connectivity index (χ1v) is 7.65. The van der Waals surface area contributed by atoms with Crippen molar-refractivity contribution in [3.05, 3.63) is 42.5 Å². The number of amides is 1. The van der Waals surface area contributed by atoms with E-state index in [4.69, 9.17) is 14.2 Å². The lowest BCUT2D eigenvalue weighted by Crippen LogP contribution is -2.21. The van der Waals surface area contributed by atoms with Crippen LogP contribution in [0.3, 0.4) is 0 Å². The lowest BCUT2D eigenvalue weighted by atomic mass is 10.2. The van der Waals surface area contributed by atoms with Gasteiger partial charge in [0.1, 0.15) is 5.75 Å². The molecular formula is C18H22N2O4. The molecule has 1 amide bonds. The largest absolute Gasteiger partial charge is 0.494 e. The maximum atomic E-state index is 12.0. The summed E-state index contributed by atoms with van der Waals surface area (Å²) in [5.74, 6) is 1.88. The third-order valence-corrected chi connectivity index (χ3v) is 3.29. The minimum absolute atomic E-state index is 0.142. The van der Waals surface area contributed by atoms with E-state index in [1.54, 1.807) is 38.5 Å². The molecular weight excluding hydrogens is 308 g/mol. The Balaban J connectivity index is 1.88. The molecule has 0 bridgehead atoms. The molecule has 0 radical (unpaired) electrons. The molecule has 0 aromatic heterocycles. The van der Waals surface area contributed by atoms with Gasteiger partial charge in [0.25, 0.3) is 0 Å². The second-order valence-electron chi connectivity index (χ2n) is 4.93. The van der Waals surface area contributed by atoms with Gasteiger partial charge in [-0.25, -0.2) is 0 Å². The molecule has 2 rings (SSSR count). The Kier molecular flexibility index (Phi) is 6.31. The molecule has 0 aliphatic rings. The minimum atomic E-state index is -0.144. The van der Waals surface area contributed by atoms with Crippen molar-refractivity contribution in [2.45, 2.75) is 6.92 Å². The van der Waals surface area contributed by atoms with E-state index in [2.05, 4.69) is 10.6 Å². The predicted octanol–water partition coefficient (Wildman–Crippen LogP) is 3.15. The van der Waals surface area contributed by atoms with Gasteiger partial charge in [-0.1, -0.05) is 0 Å². The number of methoxy groups -OCH3 is 2. The van der Waals surface area contributed by atoms with Gasteiger partial charge in [-0.2, -0.15) is 0 Å². The molecule has 0 atom stereocenters. The van der Waals surface area contributed by atoms with E-state index < -0.39 is 0 Å². The summed E-state index contributed by atoms with van der Waals surface area (Å²) in [6, 6.07) is 12.6. The number of rotatable bonds is 8. The molecule has 0 saturated heterocycles. The van der Waals surface area contributed by atoms with Crippen molar-refractivity contribution in [3.63, 3.8) is 0 Å². The van der Waals surface area contributed by atoms with Crippen molar-refractivity contribution in [3.8, 4) is 17.2 Å². The Morgan fingerprint density at radius 2 is 1.62 bits per heavy atom. The fourth-order valence-electron chi connectivity index (χ4n) is 2.13. The normalized spacial score (nSPS) is 9.96. The maximum absolute atomic E-state index is 12.0. The summed E-state index contributed by atoms with van der Waals surface area (Å²) in [6.45, 7) is 2.68. The number of anilines is 2. The van der Waals surface area contributed by atoms with Gasteiger partial charge in [0.05, 0.1) is 27.4 Å². The van der Waals surface area contributed by atoms with Crippen LogP contribution in [0, 0.1) is 0 Å². The summed E-state index contributed by atoms with van der Waals surface area (Å²) in [5, 5.41) is 5.87. The molecule has 0 saturated carbocycles. The fraction of sp³-hybridized carbons (Fsp3) is 0.278. The van der Waals surface area contributed by atoms with Gasteiger partial charge >= 0.3 is 0 Å². The van der Waals surface area contributed by atoms with Gasteiger partial charge in [0.2, 0.25) is 5.91 Å². The summed E-state index contributed by atoms with van der Waals surface area (Å²) in [6.07, 6.45) is 0. The van der Waals surface area contributed by atoms with E-state index >= 15 is 0 Å². The highest BCUT2D eigenvalue weighted by molar-refractivity contribution is 5.93. The van der Waals surface area contributed by atoms with Crippen LogP contribution in [0.5, 0.6) is 17.2 Å². The molecule has 2 aromatic rings. The van der Waals surface area contributed by atoms with Gasteiger partial charge in [0.15, 0.2) is 11.5 Å². The molecule has 6 heteroatoms. The predicted molar refractivity (Wildman–Crippen MR) is 94.3 cm³/mol. The van der Waals surface area contributed by atoms with Gasteiger partial charge in [-0.3, -0.25) is 4.79 Å². The SMILES string of the molecule is CCOc1ccc(NC(=O)CNc2ccc(OC)c(OC)c2)cc1. The van der Waals surface area contributed by atoms with E-state index in [1.807, 2.05) is 25.1 Å². The first-order chi connectivity index (χ1) is 11.7. The van der Waals surface area contributed by atoms with Crippen molar-refractivity contribution in [2.24, 2.45) is 0 Å². The zero-order valence-corrected chi connectivity index (χ0v) is 14.1. The van der Waals surface area contributed by atoms with Crippen molar-refractivity contribution >= 4 is 17.3 Å². The van der Waals surface area contributed by atoms with Crippen molar-refractivity contribution in [2.75, 3.05) is 38.0 Å². The monoisotopic (exact) mass is 330 g/mol. The van der Waals surface area contributed by atoms with Crippen LogP contribution in [0.1, 0.15) is 6.92 Å². The lowest BCUT2D eigenvalue weighted by Gasteiger charge is -2.11. The second kappa shape index (κ2) is 8.67. The van der Waals surface area contributed by atoms with Crippen LogP contribution in [0.2, 0.25) is 0 Å². The van der Waals surface area contributed by atoms with Crippen LogP contribution >= 0.6 is 0 Å². The molecule has 0 heterocycles. The zero-order valence-electron chi connectivity index (χ0n) is 14.1. The molecule has 6 nitrogen and oxygen atoms in total. The van der Waals surface area contributed by atoms with E-state index in [-0.39, 0.29) is 12.5 Å². The Labute approximate surface area is 141 Å². The van der Waals surface area contributed by atoms with Gasteiger partial charge in [0, 0.05) is 17.4 Å². The number of carbonyl (C=O) groups excluding carboxylic acids is 1. The first kappa shape index (κ1) is 17.5. The van der Waals surface area contributed by atoms with Crippen LogP contribution in [0.25, 0.3) is 0 Å². The van der Waals surface area contributed by atoms with Crippen LogP contribution < -0.4 is 24.8 Å². The third kappa shape index (κ3) is 4.81. The Morgan fingerprint density at radius 1 is 0.958 bits per heavy atom. The smallest absolute Gasteiger partial charge is 0.243 e. The van der Waals surface area contributed by atoms with Gasteiger partial charge in [-0.15, -0.1) is 0 Å². The molecule has 0 spiro atoms. The quantitative estimate of drug-likeness (QED) is 0.778. The number of nitrogens with one attached hydrogen (secondary N) is 2. The van der Waals surface area contributed by atoms with E-state index in [9.17, 15) is 4.79 Å². The zero-order chi connectivity index (χ0) is 17.4. The molecule has 128 valence electrons. The average Bonchev–Trinajstić information content (AvgIpc) is 2.61. The Bertz CT molecular complexity index is 671. The van der Waals surface area contributed by atoms with Gasteiger partial charge < -0.3 is 24.8 Å². The molecule has 2 aromatic carbocycles. The third-order valence-electron chi connectivity index (χ3n) is 3.29. The van der Waals surface area contributed by atoms with Crippen molar-refractivity contribution < 1.29 is 19.0 Å². The van der Waals surface area contributed by atoms with Gasteiger partial charge in [-0.05, 0) is 43.3 Å². The summed E-state index contributed by atoms with van der Waals surface area (Å²) < 4.78 is 15.8. The number of carbonyl (C=O) groups is 1. The first-order valence-electron chi connectivity index (χ1n) is 7.65. The molecule has 0 aliphatic carbocycles. The fourth-order valence-corrected chi connectivity index (χ4v) is 2.13. The molecule has 0 unspecified atom stereocenters. The highest BCUT2D eigenvalue weighted by Crippen LogP contribution is 2.29. The Morgan fingerprint density at radius 3 is 2.25 bits per heavy atom. The van der Waals surface area contributed by atoms with Crippen LogP contribution in [-0.4, -0.2) is 33.3 Å². The standard InChI is InChI=1S/C18H22N2O4/c1-4-24-15-8-5-13(6-9-15)20-18(21)12-19-14-7-10-16(22-2)17(11-14)23-3/h5-11,19H,4,12H2,1-3H3,(H,20,21). The lowest BCUT2D eigenvalue weighted by molar-refractivity contribution is -0.114. The van der Waals surface area contributed by atoms with Crippen LogP contribution in [-0.2, 0) is 4.79 Å². The number of hydrogen-bond acceptors (Lipinski definition) is 5. The molecule has 2 N–H and O–H groups in total. The average molecular weight is 330 g/mol. The molecule has 0 fully saturated rings. The number of hydrogen-bond donors (Lipinski definition) is 2. The van der Waals surface area contributed by atoms with Crippen molar-refractivity contribution in [1.82, 2.24) is 0 Å². The summed E-state index contributed by atoms with van der Waals surface area (Å²) in [7, 11) is 3.15. The topological polar surface area (TPSA) is 68.8 Å². The Hall–Kier alpha value is -2.89. The van der Waals surface area contributed by atoms with E-state index in [1.165, 1.54) is 0 Å². The highest BCUT2D eigenvalue weighted by Gasteiger charge is 2.06. The maximum Gasteiger partial charge on any atom is 0.243 e. The minimum Gasteiger partial charge on any atom is -0.494 e.